The number of para-hydroxylation sites is 1. The smallest absolute Gasteiger partial charge is 0.215 e. The minimum atomic E-state index is -0.957. The normalized spacial score (nSPS) is 15.9. The molecule has 0 radical (unpaired) electrons. The third-order valence-corrected chi connectivity index (χ3v) is 4.42. The molecular formula is C18H16FN3O3S. The first-order valence-corrected chi connectivity index (χ1v) is 8.48. The van der Waals surface area contributed by atoms with Gasteiger partial charge >= 0.3 is 0 Å². The molecule has 134 valence electrons. The molecule has 0 saturated carbocycles. The summed E-state index contributed by atoms with van der Waals surface area (Å²) in [6, 6.07) is 13.4. The zero-order valence-corrected chi connectivity index (χ0v) is 14.5. The number of benzene rings is 2. The zero-order chi connectivity index (χ0) is 18.0. The number of nitrogens with zero attached hydrogens (tertiary/aromatic N) is 2. The number of H-pyrrole nitrogens is 1. The quantitative estimate of drug-likeness (QED) is 0.690. The SMILES string of the molecule is Fc1ccccc1Oc1ccc(C2(Cn3[nH]cnc3=S)OCCO2)cc1. The molecule has 1 saturated heterocycles. The average Bonchev–Trinajstić information content (AvgIpc) is 3.28. The van der Waals surface area contributed by atoms with Crippen molar-refractivity contribution in [3.63, 3.8) is 0 Å². The van der Waals surface area contributed by atoms with Crippen molar-refractivity contribution in [1.82, 2.24) is 14.8 Å². The van der Waals surface area contributed by atoms with Gasteiger partial charge in [0.15, 0.2) is 11.6 Å². The third kappa shape index (κ3) is 3.26. The van der Waals surface area contributed by atoms with Gasteiger partial charge in [0.2, 0.25) is 10.6 Å². The molecule has 0 bridgehead atoms. The second-order valence-electron chi connectivity index (χ2n) is 5.76. The highest BCUT2D eigenvalue weighted by atomic mass is 32.1. The molecule has 1 aromatic heterocycles. The van der Waals surface area contributed by atoms with Crippen LogP contribution in [0, 0.1) is 10.6 Å². The summed E-state index contributed by atoms with van der Waals surface area (Å²) >= 11 is 5.18. The summed E-state index contributed by atoms with van der Waals surface area (Å²) in [7, 11) is 0. The predicted octanol–water partition coefficient (Wildman–Crippen LogP) is 3.77. The highest BCUT2D eigenvalue weighted by molar-refractivity contribution is 7.71. The van der Waals surface area contributed by atoms with Crippen molar-refractivity contribution >= 4 is 12.2 Å². The van der Waals surface area contributed by atoms with Crippen molar-refractivity contribution in [3.8, 4) is 11.5 Å². The van der Waals surface area contributed by atoms with Crippen molar-refractivity contribution in [2.75, 3.05) is 13.2 Å². The molecule has 2 heterocycles. The summed E-state index contributed by atoms with van der Waals surface area (Å²) in [5, 5.41) is 2.95. The lowest BCUT2D eigenvalue weighted by atomic mass is 10.1. The largest absolute Gasteiger partial charge is 0.454 e. The van der Waals surface area contributed by atoms with Gasteiger partial charge in [-0.15, -0.1) is 0 Å². The lowest BCUT2D eigenvalue weighted by Crippen LogP contribution is -2.33. The lowest BCUT2D eigenvalue weighted by Gasteiger charge is -2.28. The Hall–Kier alpha value is -2.55. The standard InChI is InChI=1S/C18H16FN3O3S/c19-15-3-1-2-4-16(15)25-14-7-5-13(6-8-14)18(23-9-10-24-18)11-22-17(26)20-12-21-22/h1-8,12H,9-11H2,(H,20,21,26). The van der Waals surface area contributed by atoms with Crippen LogP contribution in [0.25, 0.3) is 0 Å². The van der Waals surface area contributed by atoms with Crippen LogP contribution in [0.4, 0.5) is 4.39 Å². The van der Waals surface area contributed by atoms with E-state index in [2.05, 4.69) is 10.1 Å². The number of halogens is 1. The summed E-state index contributed by atoms with van der Waals surface area (Å²) in [6.45, 7) is 1.31. The fraction of sp³-hybridized carbons (Fsp3) is 0.222. The van der Waals surface area contributed by atoms with E-state index in [0.717, 1.165) is 5.56 Å². The molecule has 0 spiro atoms. The Bertz CT molecular complexity index is 949. The van der Waals surface area contributed by atoms with Crippen molar-refractivity contribution in [1.29, 1.82) is 0 Å². The summed E-state index contributed by atoms with van der Waals surface area (Å²) in [5.74, 6) is -0.678. The van der Waals surface area contributed by atoms with Crippen LogP contribution in [0.2, 0.25) is 0 Å². The van der Waals surface area contributed by atoms with Crippen LogP contribution in [0.5, 0.6) is 11.5 Å². The van der Waals surface area contributed by atoms with Gasteiger partial charge in [-0.05, 0) is 48.6 Å². The Kier molecular flexibility index (Phi) is 4.54. The molecule has 4 rings (SSSR count). The van der Waals surface area contributed by atoms with Crippen molar-refractivity contribution < 1.29 is 18.6 Å². The van der Waals surface area contributed by atoms with Crippen LogP contribution in [0.1, 0.15) is 5.56 Å². The second kappa shape index (κ2) is 6.99. The van der Waals surface area contributed by atoms with Gasteiger partial charge in [0, 0.05) is 5.56 Å². The minimum absolute atomic E-state index is 0.173. The topological polar surface area (TPSA) is 61.3 Å². The van der Waals surface area contributed by atoms with E-state index >= 15 is 0 Å². The first-order chi connectivity index (χ1) is 12.7. The number of hydrogen-bond acceptors (Lipinski definition) is 5. The summed E-state index contributed by atoms with van der Waals surface area (Å²) in [6.07, 6.45) is 1.52. The first kappa shape index (κ1) is 16.9. The Morgan fingerprint density at radius 3 is 2.54 bits per heavy atom. The molecule has 8 heteroatoms. The fourth-order valence-corrected chi connectivity index (χ4v) is 3.01. The number of nitrogens with one attached hydrogen (secondary N) is 1. The maximum atomic E-state index is 13.7. The minimum Gasteiger partial charge on any atom is -0.454 e. The fourth-order valence-electron chi connectivity index (χ4n) is 2.84. The molecule has 1 aliphatic heterocycles. The molecule has 0 aliphatic carbocycles. The van der Waals surface area contributed by atoms with E-state index in [1.165, 1.54) is 12.4 Å². The second-order valence-corrected chi connectivity index (χ2v) is 6.13. The van der Waals surface area contributed by atoms with Crippen LogP contribution >= 0.6 is 12.2 Å². The predicted molar refractivity (Wildman–Crippen MR) is 93.9 cm³/mol. The molecule has 1 fully saturated rings. The number of ether oxygens (including phenoxy) is 3. The molecule has 0 unspecified atom stereocenters. The monoisotopic (exact) mass is 373 g/mol. The highest BCUT2D eigenvalue weighted by Crippen LogP contribution is 2.35. The van der Waals surface area contributed by atoms with Crippen LogP contribution in [-0.4, -0.2) is 28.0 Å². The molecule has 26 heavy (non-hydrogen) atoms. The van der Waals surface area contributed by atoms with Crippen LogP contribution in [0.15, 0.2) is 54.9 Å². The van der Waals surface area contributed by atoms with Gasteiger partial charge in [0.25, 0.3) is 0 Å². The van der Waals surface area contributed by atoms with Gasteiger partial charge < -0.3 is 14.2 Å². The summed E-state index contributed by atoms with van der Waals surface area (Å²) < 4.78 is 33.2. The molecule has 1 N–H and O–H groups in total. The zero-order valence-electron chi connectivity index (χ0n) is 13.7. The van der Waals surface area contributed by atoms with Gasteiger partial charge in [-0.3, -0.25) is 9.78 Å². The van der Waals surface area contributed by atoms with E-state index in [0.29, 0.717) is 30.3 Å². The lowest BCUT2D eigenvalue weighted by molar-refractivity contribution is -0.178. The molecule has 2 aromatic carbocycles. The van der Waals surface area contributed by atoms with Crippen molar-refractivity contribution in [3.05, 3.63) is 71.0 Å². The third-order valence-electron chi connectivity index (χ3n) is 4.10. The van der Waals surface area contributed by atoms with Crippen molar-refractivity contribution in [2.45, 2.75) is 12.3 Å². The molecular weight excluding hydrogens is 357 g/mol. The Balaban J connectivity index is 1.59. The maximum absolute atomic E-state index is 13.7. The van der Waals surface area contributed by atoms with Gasteiger partial charge in [-0.25, -0.2) is 9.37 Å². The van der Waals surface area contributed by atoms with Gasteiger partial charge in [0.1, 0.15) is 18.6 Å². The average molecular weight is 373 g/mol. The Morgan fingerprint density at radius 1 is 1.15 bits per heavy atom. The van der Waals surface area contributed by atoms with E-state index in [1.54, 1.807) is 35.0 Å². The van der Waals surface area contributed by atoms with Gasteiger partial charge in [-0.2, -0.15) is 0 Å². The van der Waals surface area contributed by atoms with E-state index in [4.69, 9.17) is 26.4 Å². The summed E-state index contributed by atoms with van der Waals surface area (Å²) in [5.41, 5.74) is 0.812. The van der Waals surface area contributed by atoms with Crippen LogP contribution < -0.4 is 4.74 Å². The van der Waals surface area contributed by atoms with E-state index in [-0.39, 0.29) is 5.75 Å². The van der Waals surface area contributed by atoms with Gasteiger partial charge in [-0.1, -0.05) is 12.1 Å². The number of aromatic nitrogens is 3. The Morgan fingerprint density at radius 2 is 1.88 bits per heavy atom. The molecule has 6 nitrogen and oxygen atoms in total. The molecule has 0 amide bonds. The number of hydrogen-bond donors (Lipinski definition) is 1. The van der Waals surface area contributed by atoms with Gasteiger partial charge in [0.05, 0.1) is 13.2 Å². The highest BCUT2D eigenvalue weighted by Gasteiger charge is 2.39. The van der Waals surface area contributed by atoms with E-state index in [1.807, 2.05) is 12.1 Å². The van der Waals surface area contributed by atoms with E-state index < -0.39 is 11.6 Å². The molecule has 1 aliphatic rings. The van der Waals surface area contributed by atoms with Crippen molar-refractivity contribution in [2.24, 2.45) is 0 Å². The first-order valence-electron chi connectivity index (χ1n) is 8.07. The van der Waals surface area contributed by atoms with E-state index in [9.17, 15) is 4.39 Å². The van der Waals surface area contributed by atoms with Crippen LogP contribution in [0.3, 0.4) is 0 Å². The maximum Gasteiger partial charge on any atom is 0.215 e. The molecule has 3 aromatic rings. The summed E-state index contributed by atoms with van der Waals surface area (Å²) in [4.78, 5) is 4.01. The Labute approximate surface area is 154 Å². The van der Waals surface area contributed by atoms with Crippen LogP contribution in [-0.2, 0) is 21.8 Å². The number of aromatic amines is 1. The molecule has 0 atom stereocenters. The number of rotatable bonds is 5.